The Hall–Kier alpha value is -1.55. The van der Waals surface area contributed by atoms with Crippen LogP contribution in [0.25, 0.3) is 10.8 Å². The smallest absolute Gasteiger partial charge is 0.227 e. The maximum absolute atomic E-state index is 12.0. The lowest BCUT2D eigenvalue weighted by Crippen LogP contribution is -2.24. The van der Waals surface area contributed by atoms with Crippen LogP contribution in [0.1, 0.15) is 6.42 Å². The normalized spacial score (nSPS) is 19.7. The third kappa shape index (κ3) is 1.97. The van der Waals surface area contributed by atoms with Crippen molar-refractivity contribution in [2.24, 2.45) is 5.92 Å². The van der Waals surface area contributed by atoms with Crippen molar-refractivity contribution in [3.05, 3.63) is 36.7 Å². The van der Waals surface area contributed by atoms with E-state index in [1.807, 2.05) is 29.3 Å². The molecule has 4 heteroatoms. The maximum atomic E-state index is 12.0. The minimum atomic E-state index is 0.197. The molecule has 2 aromatic rings. The Morgan fingerprint density at radius 1 is 1.33 bits per heavy atom. The second kappa shape index (κ2) is 4.61. The fraction of sp³-hybridized carbons (Fsp3) is 0.286. The summed E-state index contributed by atoms with van der Waals surface area (Å²) in [5, 5.41) is 2.21. The summed E-state index contributed by atoms with van der Waals surface area (Å²) in [6.45, 7) is 0.777. The Morgan fingerprint density at radius 2 is 2.22 bits per heavy atom. The minimum absolute atomic E-state index is 0.197. The van der Waals surface area contributed by atoms with E-state index in [-0.39, 0.29) is 5.91 Å². The number of nitrogens with zero attached hydrogens (tertiary/aromatic N) is 2. The standard InChI is InChI=1S/C14H14N2OS/c17-14-5-10(9-18)8-16(14)13-2-1-12-7-15-4-3-11(12)6-13/h1-4,6-7,10,18H,5,8-9H2. The molecule has 0 aliphatic carbocycles. The van der Waals surface area contributed by atoms with Crippen LogP contribution in [0.15, 0.2) is 36.7 Å². The highest BCUT2D eigenvalue weighted by Crippen LogP contribution is 2.28. The fourth-order valence-corrected chi connectivity index (χ4v) is 2.64. The molecule has 1 atom stereocenters. The zero-order valence-electron chi connectivity index (χ0n) is 9.91. The number of rotatable bonds is 2. The third-order valence-electron chi connectivity index (χ3n) is 3.40. The van der Waals surface area contributed by atoms with E-state index in [2.05, 4.69) is 23.7 Å². The molecule has 1 aliphatic heterocycles. The summed E-state index contributed by atoms with van der Waals surface area (Å²) >= 11 is 4.28. The van der Waals surface area contributed by atoms with Gasteiger partial charge in [-0.05, 0) is 35.3 Å². The number of fused-ring (bicyclic) bond motifs is 1. The summed E-state index contributed by atoms with van der Waals surface area (Å²) in [4.78, 5) is 17.9. The van der Waals surface area contributed by atoms with Crippen LogP contribution in [-0.4, -0.2) is 23.2 Å². The van der Waals surface area contributed by atoms with Gasteiger partial charge in [-0.3, -0.25) is 9.78 Å². The number of amides is 1. The summed E-state index contributed by atoms with van der Waals surface area (Å²) in [6, 6.07) is 8.02. The number of carbonyl (C=O) groups is 1. The van der Waals surface area contributed by atoms with E-state index in [4.69, 9.17) is 0 Å². The van der Waals surface area contributed by atoms with Gasteiger partial charge in [0.1, 0.15) is 0 Å². The molecule has 0 bridgehead atoms. The zero-order valence-corrected chi connectivity index (χ0v) is 10.8. The van der Waals surface area contributed by atoms with E-state index in [9.17, 15) is 4.79 Å². The van der Waals surface area contributed by atoms with E-state index in [1.54, 1.807) is 6.20 Å². The Morgan fingerprint density at radius 3 is 3.00 bits per heavy atom. The van der Waals surface area contributed by atoms with E-state index in [1.165, 1.54) is 0 Å². The van der Waals surface area contributed by atoms with Crippen LogP contribution in [0.3, 0.4) is 0 Å². The van der Waals surface area contributed by atoms with Crippen molar-refractivity contribution in [3.63, 3.8) is 0 Å². The molecule has 2 heterocycles. The number of aromatic nitrogens is 1. The molecule has 1 saturated heterocycles. The topological polar surface area (TPSA) is 33.2 Å². The molecule has 3 rings (SSSR count). The molecule has 1 amide bonds. The lowest BCUT2D eigenvalue weighted by Gasteiger charge is -2.17. The number of benzene rings is 1. The molecule has 18 heavy (non-hydrogen) atoms. The lowest BCUT2D eigenvalue weighted by molar-refractivity contribution is -0.117. The van der Waals surface area contributed by atoms with Gasteiger partial charge in [0.05, 0.1) is 0 Å². The van der Waals surface area contributed by atoms with Gasteiger partial charge in [-0.25, -0.2) is 0 Å². The molecule has 1 aliphatic rings. The molecule has 92 valence electrons. The van der Waals surface area contributed by atoms with Crippen LogP contribution in [0.2, 0.25) is 0 Å². The Kier molecular flexibility index (Phi) is 2.96. The van der Waals surface area contributed by atoms with Crippen LogP contribution < -0.4 is 4.90 Å². The molecule has 1 aromatic heterocycles. The number of hydrogen-bond acceptors (Lipinski definition) is 3. The molecule has 0 N–H and O–H groups in total. The van der Waals surface area contributed by atoms with Crippen LogP contribution >= 0.6 is 12.6 Å². The van der Waals surface area contributed by atoms with Crippen LogP contribution in [0.4, 0.5) is 5.69 Å². The van der Waals surface area contributed by atoms with Crippen molar-refractivity contribution in [2.75, 3.05) is 17.2 Å². The van der Waals surface area contributed by atoms with Gasteiger partial charge in [-0.2, -0.15) is 12.6 Å². The first-order chi connectivity index (χ1) is 8.78. The molecule has 0 saturated carbocycles. The van der Waals surface area contributed by atoms with Gasteiger partial charge in [-0.1, -0.05) is 6.07 Å². The SMILES string of the molecule is O=C1CC(CS)CN1c1ccc2cnccc2c1. The monoisotopic (exact) mass is 258 g/mol. The third-order valence-corrected chi connectivity index (χ3v) is 3.92. The van der Waals surface area contributed by atoms with Crippen molar-refractivity contribution in [2.45, 2.75) is 6.42 Å². The van der Waals surface area contributed by atoms with E-state index >= 15 is 0 Å². The minimum Gasteiger partial charge on any atom is -0.312 e. The summed E-state index contributed by atoms with van der Waals surface area (Å²) in [5.41, 5.74) is 0.975. The second-order valence-corrected chi connectivity index (χ2v) is 5.03. The maximum Gasteiger partial charge on any atom is 0.227 e. The van der Waals surface area contributed by atoms with Gasteiger partial charge in [0.25, 0.3) is 0 Å². The zero-order chi connectivity index (χ0) is 12.5. The summed E-state index contributed by atoms with van der Waals surface area (Å²) in [6.07, 6.45) is 4.22. The van der Waals surface area contributed by atoms with Crippen LogP contribution in [0.5, 0.6) is 0 Å². The predicted octanol–water partition coefficient (Wildman–Crippen LogP) is 2.52. The number of hydrogen-bond donors (Lipinski definition) is 1. The fourth-order valence-electron chi connectivity index (χ4n) is 2.39. The first kappa shape index (κ1) is 11.5. The van der Waals surface area contributed by atoms with E-state index in [0.29, 0.717) is 12.3 Å². The highest BCUT2D eigenvalue weighted by Gasteiger charge is 2.29. The van der Waals surface area contributed by atoms with Crippen molar-refractivity contribution >= 4 is 35.0 Å². The summed E-state index contributed by atoms with van der Waals surface area (Å²) in [5.74, 6) is 1.33. The van der Waals surface area contributed by atoms with Crippen molar-refractivity contribution in [1.82, 2.24) is 4.98 Å². The molecular formula is C14H14N2OS. The van der Waals surface area contributed by atoms with E-state index < -0.39 is 0 Å². The average molecular weight is 258 g/mol. The van der Waals surface area contributed by atoms with Gasteiger partial charge in [-0.15, -0.1) is 0 Å². The van der Waals surface area contributed by atoms with Crippen molar-refractivity contribution in [1.29, 1.82) is 0 Å². The van der Waals surface area contributed by atoms with Gasteiger partial charge in [0.2, 0.25) is 5.91 Å². The van der Waals surface area contributed by atoms with Gasteiger partial charge >= 0.3 is 0 Å². The van der Waals surface area contributed by atoms with E-state index in [0.717, 1.165) is 28.8 Å². The molecule has 1 unspecified atom stereocenters. The van der Waals surface area contributed by atoms with Crippen molar-refractivity contribution < 1.29 is 4.79 Å². The number of carbonyl (C=O) groups excluding carboxylic acids is 1. The van der Waals surface area contributed by atoms with Crippen molar-refractivity contribution in [3.8, 4) is 0 Å². The number of anilines is 1. The predicted molar refractivity (Wildman–Crippen MR) is 76.1 cm³/mol. The molecule has 0 spiro atoms. The highest BCUT2D eigenvalue weighted by molar-refractivity contribution is 7.80. The van der Waals surface area contributed by atoms with Gasteiger partial charge in [0.15, 0.2) is 0 Å². The van der Waals surface area contributed by atoms with Gasteiger partial charge < -0.3 is 4.90 Å². The average Bonchev–Trinajstić information content (AvgIpc) is 2.79. The quantitative estimate of drug-likeness (QED) is 0.840. The van der Waals surface area contributed by atoms with Crippen LogP contribution in [-0.2, 0) is 4.79 Å². The number of thiol groups is 1. The largest absolute Gasteiger partial charge is 0.312 e. The molecular weight excluding hydrogens is 244 g/mol. The second-order valence-electron chi connectivity index (χ2n) is 4.66. The molecule has 0 radical (unpaired) electrons. The summed E-state index contributed by atoms with van der Waals surface area (Å²) in [7, 11) is 0. The Labute approximate surface area is 111 Å². The lowest BCUT2D eigenvalue weighted by atomic mass is 10.1. The van der Waals surface area contributed by atoms with Crippen LogP contribution in [0, 0.1) is 5.92 Å². The molecule has 1 fully saturated rings. The molecule has 3 nitrogen and oxygen atoms in total. The molecule has 1 aromatic carbocycles. The number of pyridine rings is 1. The first-order valence-corrected chi connectivity index (χ1v) is 6.66. The Balaban J connectivity index is 1.97. The highest BCUT2D eigenvalue weighted by atomic mass is 32.1. The Bertz CT molecular complexity index is 599. The summed E-state index contributed by atoms with van der Waals surface area (Å²) < 4.78 is 0. The first-order valence-electron chi connectivity index (χ1n) is 6.03. The van der Waals surface area contributed by atoms with Gasteiger partial charge in [0, 0.05) is 36.4 Å².